The molecule has 0 unspecified atom stereocenters. The molecule has 0 saturated carbocycles. The fourth-order valence-corrected chi connectivity index (χ4v) is 3.25. The minimum absolute atomic E-state index is 0.315. The summed E-state index contributed by atoms with van der Waals surface area (Å²) in [6.07, 6.45) is 2.56. The molecule has 0 atom stereocenters. The summed E-state index contributed by atoms with van der Waals surface area (Å²) >= 11 is 3.49. The van der Waals surface area contributed by atoms with E-state index in [2.05, 4.69) is 77.8 Å². The lowest BCUT2D eigenvalue weighted by molar-refractivity contribution is 0.0632. The number of nitrogens with zero attached hydrogens (tertiary/aromatic N) is 2. The molecule has 1 aromatic rings. The molecule has 1 heterocycles. The second kappa shape index (κ2) is 6.59. The third-order valence-electron chi connectivity index (χ3n) is 4.38. The van der Waals surface area contributed by atoms with Gasteiger partial charge >= 0.3 is 0 Å². The van der Waals surface area contributed by atoms with E-state index in [1.807, 2.05) is 0 Å². The highest BCUT2D eigenvalue weighted by molar-refractivity contribution is 9.10. The van der Waals surface area contributed by atoms with Crippen molar-refractivity contribution in [1.82, 2.24) is 9.80 Å². The second-order valence-electron chi connectivity index (χ2n) is 6.93. The van der Waals surface area contributed by atoms with Gasteiger partial charge in [0.05, 0.1) is 0 Å². The minimum atomic E-state index is 0.315. The Morgan fingerprint density at radius 2 is 1.70 bits per heavy atom. The monoisotopic (exact) mass is 338 g/mol. The third-order valence-corrected chi connectivity index (χ3v) is 4.91. The second-order valence-corrected chi connectivity index (χ2v) is 7.85. The zero-order valence-corrected chi connectivity index (χ0v) is 14.8. The van der Waals surface area contributed by atoms with Gasteiger partial charge in [0.25, 0.3) is 0 Å². The van der Waals surface area contributed by atoms with Gasteiger partial charge in [0.1, 0.15) is 0 Å². The summed E-state index contributed by atoms with van der Waals surface area (Å²) in [5, 5.41) is 0. The Balaban J connectivity index is 1.85. The lowest BCUT2D eigenvalue weighted by atomic mass is 9.97. The molecule has 0 amide bonds. The summed E-state index contributed by atoms with van der Waals surface area (Å²) in [7, 11) is 2.26. The summed E-state index contributed by atoms with van der Waals surface area (Å²) in [4.78, 5) is 5.13. The Labute approximate surface area is 132 Å². The first-order valence-corrected chi connectivity index (χ1v) is 8.35. The van der Waals surface area contributed by atoms with Gasteiger partial charge in [0.15, 0.2) is 0 Å². The van der Waals surface area contributed by atoms with Crippen LogP contribution in [0.25, 0.3) is 0 Å². The van der Waals surface area contributed by atoms with Gasteiger partial charge in [-0.05, 0) is 58.4 Å². The zero-order valence-electron chi connectivity index (χ0n) is 13.2. The molecule has 1 fully saturated rings. The van der Waals surface area contributed by atoms with Crippen LogP contribution in [0.3, 0.4) is 0 Å². The van der Waals surface area contributed by atoms with Crippen LogP contribution in [0, 0.1) is 0 Å². The first kappa shape index (κ1) is 16.0. The predicted molar refractivity (Wildman–Crippen MR) is 90.0 cm³/mol. The smallest absolute Gasteiger partial charge is 0.0233 e. The van der Waals surface area contributed by atoms with Gasteiger partial charge in [-0.1, -0.05) is 28.1 Å². The molecular formula is C17H27BrN2. The molecule has 112 valence electrons. The number of piperidine rings is 1. The molecule has 0 aliphatic carbocycles. The molecule has 0 bridgehead atoms. The molecule has 0 radical (unpaired) electrons. The zero-order chi connectivity index (χ0) is 14.8. The number of rotatable bonds is 3. The van der Waals surface area contributed by atoms with Gasteiger partial charge in [-0.3, -0.25) is 9.80 Å². The third kappa shape index (κ3) is 4.31. The molecule has 1 aliphatic rings. The molecule has 2 rings (SSSR count). The average molecular weight is 339 g/mol. The van der Waals surface area contributed by atoms with Crippen LogP contribution in [0.15, 0.2) is 28.7 Å². The molecule has 1 saturated heterocycles. The Morgan fingerprint density at radius 1 is 1.15 bits per heavy atom. The van der Waals surface area contributed by atoms with E-state index in [-0.39, 0.29) is 0 Å². The first-order chi connectivity index (χ1) is 9.36. The highest BCUT2D eigenvalue weighted by atomic mass is 79.9. The van der Waals surface area contributed by atoms with Crippen molar-refractivity contribution < 1.29 is 0 Å². The van der Waals surface area contributed by atoms with Gasteiger partial charge < -0.3 is 0 Å². The SMILES string of the molecule is CN(Cc1ccc(Br)cc1)C1CCN(C(C)(C)C)CC1. The van der Waals surface area contributed by atoms with Gasteiger partial charge in [0.2, 0.25) is 0 Å². The molecule has 20 heavy (non-hydrogen) atoms. The largest absolute Gasteiger partial charge is 0.299 e. The van der Waals surface area contributed by atoms with Crippen LogP contribution in [0.5, 0.6) is 0 Å². The van der Waals surface area contributed by atoms with Crippen molar-refractivity contribution in [2.45, 2.75) is 51.7 Å². The van der Waals surface area contributed by atoms with Crippen molar-refractivity contribution in [2.75, 3.05) is 20.1 Å². The van der Waals surface area contributed by atoms with E-state index >= 15 is 0 Å². The van der Waals surface area contributed by atoms with E-state index in [4.69, 9.17) is 0 Å². The van der Waals surface area contributed by atoms with Crippen LogP contribution in [-0.4, -0.2) is 41.5 Å². The predicted octanol–water partition coefficient (Wildman–Crippen LogP) is 4.14. The fraction of sp³-hybridized carbons (Fsp3) is 0.647. The first-order valence-electron chi connectivity index (χ1n) is 7.56. The molecular weight excluding hydrogens is 312 g/mol. The quantitative estimate of drug-likeness (QED) is 0.816. The summed E-state index contributed by atoms with van der Waals surface area (Å²) in [6, 6.07) is 9.41. The molecule has 3 heteroatoms. The topological polar surface area (TPSA) is 6.48 Å². The van der Waals surface area contributed by atoms with Gasteiger partial charge in [-0.2, -0.15) is 0 Å². The van der Waals surface area contributed by atoms with Crippen molar-refractivity contribution in [3.05, 3.63) is 34.3 Å². The number of hydrogen-bond acceptors (Lipinski definition) is 2. The average Bonchev–Trinajstić information content (AvgIpc) is 2.40. The van der Waals surface area contributed by atoms with Crippen molar-refractivity contribution in [1.29, 1.82) is 0 Å². The molecule has 2 nitrogen and oxygen atoms in total. The lowest BCUT2D eigenvalue weighted by Crippen LogP contribution is -2.50. The molecule has 0 aromatic heterocycles. The Bertz CT molecular complexity index is 414. The maximum absolute atomic E-state index is 3.49. The van der Waals surface area contributed by atoms with E-state index in [9.17, 15) is 0 Å². The maximum Gasteiger partial charge on any atom is 0.0233 e. The molecule has 1 aromatic carbocycles. The summed E-state index contributed by atoms with van der Waals surface area (Å²) in [6.45, 7) is 10.4. The summed E-state index contributed by atoms with van der Waals surface area (Å²) < 4.78 is 1.15. The van der Waals surface area contributed by atoms with E-state index in [0.717, 1.165) is 17.1 Å². The highest BCUT2D eigenvalue weighted by Crippen LogP contribution is 2.23. The van der Waals surface area contributed by atoms with Crippen LogP contribution in [0.2, 0.25) is 0 Å². The van der Waals surface area contributed by atoms with Crippen molar-refractivity contribution in [3.63, 3.8) is 0 Å². The van der Waals surface area contributed by atoms with Crippen LogP contribution in [0.1, 0.15) is 39.2 Å². The minimum Gasteiger partial charge on any atom is -0.299 e. The Morgan fingerprint density at radius 3 is 2.20 bits per heavy atom. The Kier molecular flexibility index (Phi) is 5.27. The highest BCUT2D eigenvalue weighted by Gasteiger charge is 2.28. The van der Waals surface area contributed by atoms with Crippen LogP contribution in [0.4, 0.5) is 0 Å². The number of likely N-dealkylation sites (tertiary alicyclic amines) is 1. The standard InChI is InChI=1S/C17H27BrN2/c1-17(2,3)20-11-9-16(10-12-20)19(4)13-14-5-7-15(18)8-6-14/h5-8,16H,9-13H2,1-4H3. The van der Waals surface area contributed by atoms with Crippen molar-refractivity contribution >= 4 is 15.9 Å². The number of benzene rings is 1. The van der Waals surface area contributed by atoms with E-state index < -0.39 is 0 Å². The van der Waals surface area contributed by atoms with Crippen LogP contribution >= 0.6 is 15.9 Å². The number of halogens is 1. The summed E-state index contributed by atoms with van der Waals surface area (Å²) in [5.74, 6) is 0. The maximum atomic E-state index is 3.49. The molecule has 0 N–H and O–H groups in total. The van der Waals surface area contributed by atoms with E-state index in [1.54, 1.807) is 0 Å². The van der Waals surface area contributed by atoms with Gasteiger partial charge in [0, 0.05) is 35.7 Å². The van der Waals surface area contributed by atoms with E-state index in [0.29, 0.717) is 5.54 Å². The fourth-order valence-electron chi connectivity index (χ4n) is 2.98. The number of hydrogen-bond donors (Lipinski definition) is 0. The lowest BCUT2D eigenvalue weighted by Gasteiger charge is -2.43. The summed E-state index contributed by atoms with van der Waals surface area (Å²) in [5.41, 5.74) is 1.71. The van der Waals surface area contributed by atoms with Crippen molar-refractivity contribution in [3.8, 4) is 0 Å². The molecule has 1 aliphatic heterocycles. The Hall–Kier alpha value is -0.380. The van der Waals surface area contributed by atoms with Crippen LogP contribution < -0.4 is 0 Å². The van der Waals surface area contributed by atoms with E-state index in [1.165, 1.54) is 31.5 Å². The van der Waals surface area contributed by atoms with Crippen LogP contribution in [-0.2, 0) is 6.54 Å². The van der Waals surface area contributed by atoms with Crippen molar-refractivity contribution in [2.24, 2.45) is 0 Å². The van der Waals surface area contributed by atoms with Gasteiger partial charge in [-0.25, -0.2) is 0 Å². The normalized spacial score (nSPS) is 18.7. The molecule has 0 spiro atoms. The van der Waals surface area contributed by atoms with Gasteiger partial charge in [-0.15, -0.1) is 0 Å².